The van der Waals surface area contributed by atoms with Crippen LogP contribution in [-0.4, -0.2) is 32.0 Å². The van der Waals surface area contributed by atoms with Gasteiger partial charge in [-0.2, -0.15) is 0 Å². The van der Waals surface area contributed by atoms with Crippen molar-refractivity contribution >= 4 is 17.5 Å². The number of rotatable bonds is 7. The van der Waals surface area contributed by atoms with E-state index in [-0.39, 0.29) is 30.7 Å². The number of carbonyl (C=O) groups excluding carboxylic acids is 2. The van der Waals surface area contributed by atoms with Crippen LogP contribution in [0.25, 0.3) is 0 Å². The van der Waals surface area contributed by atoms with Crippen molar-refractivity contribution in [1.29, 1.82) is 0 Å². The topological polar surface area (TPSA) is 74.6 Å². The van der Waals surface area contributed by atoms with Gasteiger partial charge in [-0.05, 0) is 37.6 Å². The van der Waals surface area contributed by atoms with E-state index in [0.717, 1.165) is 0 Å². The Bertz CT molecular complexity index is 758. The highest BCUT2D eigenvalue weighted by atomic mass is 19.1. The summed E-state index contributed by atoms with van der Waals surface area (Å²) in [6, 6.07) is 6.39. The Balaban J connectivity index is 1.83. The number of aryl methyl sites for hydroxylation is 1. The van der Waals surface area contributed by atoms with Crippen molar-refractivity contribution in [2.24, 2.45) is 0 Å². The molecule has 2 N–H and O–H groups in total. The van der Waals surface area contributed by atoms with E-state index >= 15 is 0 Å². The molecule has 1 heterocycles. The van der Waals surface area contributed by atoms with Crippen LogP contribution in [0.3, 0.4) is 0 Å². The van der Waals surface area contributed by atoms with Gasteiger partial charge in [0.05, 0.1) is 24.1 Å². The second kappa shape index (κ2) is 8.32. The predicted molar refractivity (Wildman–Crippen MR) is 93.0 cm³/mol. The Morgan fingerprint density at radius 2 is 2.00 bits per heavy atom. The van der Waals surface area contributed by atoms with Crippen LogP contribution in [0.1, 0.15) is 28.6 Å². The number of furan rings is 1. The van der Waals surface area contributed by atoms with Crippen molar-refractivity contribution in [1.82, 2.24) is 10.6 Å². The first-order chi connectivity index (χ1) is 11.9. The van der Waals surface area contributed by atoms with Gasteiger partial charge >= 0.3 is 0 Å². The summed E-state index contributed by atoms with van der Waals surface area (Å²) in [5.41, 5.74) is 1.56. The average molecular weight is 347 g/mol. The average Bonchev–Trinajstić information content (AvgIpc) is 3.03. The zero-order valence-electron chi connectivity index (χ0n) is 14.6. The number of hydrogen-bond donors (Lipinski definition) is 2. The van der Waals surface area contributed by atoms with E-state index in [9.17, 15) is 14.0 Å². The monoisotopic (exact) mass is 347 g/mol. The molecule has 25 heavy (non-hydrogen) atoms. The van der Waals surface area contributed by atoms with Crippen LogP contribution in [0.2, 0.25) is 0 Å². The number of hydrogen-bond acceptors (Lipinski definition) is 4. The van der Waals surface area contributed by atoms with Gasteiger partial charge in [-0.3, -0.25) is 9.59 Å². The lowest BCUT2D eigenvalue weighted by Crippen LogP contribution is -2.36. The molecular formula is C18H22FN3O3. The lowest BCUT2D eigenvalue weighted by molar-refractivity contribution is -0.120. The Morgan fingerprint density at radius 3 is 2.60 bits per heavy atom. The fourth-order valence-electron chi connectivity index (χ4n) is 2.28. The van der Waals surface area contributed by atoms with Gasteiger partial charge in [0.25, 0.3) is 5.91 Å². The van der Waals surface area contributed by atoms with Crippen LogP contribution in [0.5, 0.6) is 0 Å². The van der Waals surface area contributed by atoms with E-state index in [0.29, 0.717) is 29.1 Å². The second-order valence-corrected chi connectivity index (χ2v) is 5.65. The van der Waals surface area contributed by atoms with Crippen molar-refractivity contribution < 1.29 is 18.4 Å². The van der Waals surface area contributed by atoms with Gasteiger partial charge in [0.1, 0.15) is 11.6 Å². The molecule has 1 aromatic carbocycles. The molecule has 0 radical (unpaired) electrons. The molecule has 6 nitrogen and oxygen atoms in total. The molecule has 7 heteroatoms. The maximum atomic E-state index is 14.0. The molecule has 0 aliphatic rings. The van der Waals surface area contributed by atoms with Gasteiger partial charge in [0.2, 0.25) is 5.91 Å². The standard InChI is InChI=1S/C18H22FN3O3/c1-4-22(3)16-6-5-13(9-15(16)19)10-20-17(23)11-21-18(24)14-7-8-25-12(14)2/h5-9H,4,10-11H2,1-3H3,(H,20,23)(H,21,24). The van der Waals surface area contributed by atoms with Crippen LogP contribution in [-0.2, 0) is 11.3 Å². The maximum absolute atomic E-state index is 14.0. The molecule has 0 aliphatic heterocycles. The van der Waals surface area contributed by atoms with Gasteiger partial charge in [-0.25, -0.2) is 4.39 Å². The van der Waals surface area contributed by atoms with Crippen molar-refractivity contribution in [3.05, 3.63) is 53.2 Å². The molecular weight excluding hydrogens is 325 g/mol. The predicted octanol–water partition coefficient (Wildman–Crippen LogP) is 2.23. The third kappa shape index (κ3) is 4.82. The van der Waals surface area contributed by atoms with Crippen molar-refractivity contribution in [3.63, 3.8) is 0 Å². The second-order valence-electron chi connectivity index (χ2n) is 5.65. The van der Waals surface area contributed by atoms with E-state index in [4.69, 9.17) is 4.42 Å². The molecule has 0 atom stereocenters. The quantitative estimate of drug-likeness (QED) is 0.805. The van der Waals surface area contributed by atoms with Gasteiger partial charge in [0, 0.05) is 20.1 Å². The fraction of sp³-hybridized carbons (Fsp3) is 0.333. The highest BCUT2D eigenvalue weighted by Crippen LogP contribution is 2.19. The minimum atomic E-state index is -0.376. The molecule has 134 valence electrons. The van der Waals surface area contributed by atoms with Gasteiger partial charge < -0.3 is 20.0 Å². The zero-order chi connectivity index (χ0) is 18.4. The van der Waals surface area contributed by atoms with Crippen LogP contribution in [0.15, 0.2) is 34.9 Å². The molecule has 0 aliphatic carbocycles. The third-order valence-electron chi connectivity index (χ3n) is 3.90. The third-order valence-corrected chi connectivity index (χ3v) is 3.90. The molecule has 0 spiro atoms. The Labute approximate surface area is 146 Å². The molecule has 0 saturated carbocycles. The normalized spacial score (nSPS) is 10.4. The molecule has 0 fully saturated rings. The van der Waals surface area contributed by atoms with Crippen LogP contribution in [0, 0.1) is 12.7 Å². The van der Waals surface area contributed by atoms with Gasteiger partial charge in [0.15, 0.2) is 0 Å². The molecule has 2 amide bonds. The Morgan fingerprint density at radius 1 is 1.24 bits per heavy atom. The number of nitrogens with one attached hydrogen (secondary N) is 2. The smallest absolute Gasteiger partial charge is 0.255 e. The van der Waals surface area contributed by atoms with Gasteiger partial charge in [-0.1, -0.05) is 6.07 Å². The molecule has 0 bridgehead atoms. The maximum Gasteiger partial charge on any atom is 0.255 e. The minimum Gasteiger partial charge on any atom is -0.469 e. The number of benzene rings is 1. The first kappa shape index (κ1) is 18.5. The summed E-state index contributed by atoms with van der Waals surface area (Å²) < 4.78 is 19.1. The lowest BCUT2D eigenvalue weighted by Gasteiger charge is -2.18. The summed E-state index contributed by atoms with van der Waals surface area (Å²) >= 11 is 0. The number of amides is 2. The largest absolute Gasteiger partial charge is 0.469 e. The van der Waals surface area contributed by atoms with E-state index < -0.39 is 0 Å². The highest BCUT2D eigenvalue weighted by molar-refractivity contribution is 5.97. The summed E-state index contributed by atoms with van der Waals surface area (Å²) in [4.78, 5) is 25.5. The highest BCUT2D eigenvalue weighted by Gasteiger charge is 2.13. The van der Waals surface area contributed by atoms with Crippen molar-refractivity contribution in [2.45, 2.75) is 20.4 Å². The molecule has 0 saturated heterocycles. The van der Waals surface area contributed by atoms with E-state index in [1.165, 1.54) is 12.3 Å². The molecule has 2 aromatic rings. The fourth-order valence-corrected chi connectivity index (χ4v) is 2.28. The van der Waals surface area contributed by atoms with Crippen molar-refractivity contribution in [3.8, 4) is 0 Å². The van der Waals surface area contributed by atoms with Crippen LogP contribution >= 0.6 is 0 Å². The number of nitrogens with zero attached hydrogens (tertiary/aromatic N) is 1. The molecule has 2 rings (SSSR count). The summed E-state index contributed by atoms with van der Waals surface area (Å²) in [7, 11) is 1.81. The molecule has 1 aromatic heterocycles. The van der Waals surface area contributed by atoms with Crippen LogP contribution in [0.4, 0.5) is 10.1 Å². The minimum absolute atomic E-state index is 0.164. The summed E-state index contributed by atoms with van der Waals surface area (Å²) in [6.45, 7) is 4.33. The Hall–Kier alpha value is -2.83. The van der Waals surface area contributed by atoms with E-state index in [2.05, 4.69) is 10.6 Å². The first-order valence-corrected chi connectivity index (χ1v) is 8.01. The number of halogens is 1. The lowest BCUT2D eigenvalue weighted by atomic mass is 10.2. The SMILES string of the molecule is CCN(C)c1ccc(CNC(=O)CNC(=O)c2ccoc2C)cc1F. The first-order valence-electron chi connectivity index (χ1n) is 8.01. The van der Waals surface area contributed by atoms with Gasteiger partial charge in [-0.15, -0.1) is 0 Å². The van der Waals surface area contributed by atoms with E-state index in [1.54, 1.807) is 30.0 Å². The van der Waals surface area contributed by atoms with Crippen LogP contribution < -0.4 is 15.5 Å². The summed E-state index contributed by atoms with van der Waals surface area (Å²) in [6.07, 6.45) is 1.42. The number of carbonyl (C=O) groups is 2. The zero-order valence-corrected chi connectivity index (χ0v) is 14.6. The summed E-state index contributed by atoms with van der Waals surface area (Å²) in [5, 5.41) is 5.16. The van der Waals surface area contributed by atoms with Crippen molar-refractivity contribution in [2.75, 3.05) is 25.0 Å². The molecule has 0 unspecified atom stereocenters. The van der Waals surface area contributed by atoms with E-state index in [1.807, 2.05) is 14.0 Å². The number of anilines is 1. The summed E-state index contributed by atoms with van der Waals surface area (Å²) in [5.74, 6) is -0.575. The Kier molecular flexibility index (Phi) is 6.16.